The summed E-state index contributed by atoms with van der Waals surface area (Å²) in [6.07, 6.45) is -0.134. The summed E-state index contributed by atoms with van der Waals surface area (Å²) in [6, 6.07) is 16.8. The molecule has 0 amide bonds. The van der Waals surface area contributed by atoms with E-state index in [0.29, 0.717) is 5.90 Å². The summed E-state index contributed by atoms with van der Waals surface area (Å²) in [7, 11) is 1.86. The van der Waals surface area contributed by atoms with Crippen molar-refractivity contribution in [1.82, 2.24) is 5.06 Å². The van der Waals surface area contributed by atoms with Gasteiger partial charge in [0, 0.05) is 33.7 Å². The van der Waals surface area contributed by atoms with Crippen molar-refractivity contribution >= 4 is 5.90 Å². The SMILES string of the molecule is CN1OC(c2ccc(O)cc2)=NC1c1ccccc1.[Cl-].[Cl-].[Pt]. The van der Waals surface area contributed by atoms with E-state index in [1.165, 1.54) is 0 Å². The van der Waals surface area contributed by atoms with Crippen molar-refractivity contribution in [2.24, 2.45) is 4.99 Å². The molecule has 122 valence electrons. The molecule has 2 aromatic rings. The number of phenols is 1. The van der Waals surface area contributed by atoms with Crippen LogP contribution in [0.3, 0.4) is 0 Å². The summed E-state index contributed by atoms with van der Waals surface area (Å²) in [4.78, 5) is 10.2. The summed E-state index contributed by atoms with van der Waals surface area (Å²) >= 11 is 0. The van der Waals surface area contributed by atoms with E-state index in [0.717, 1.165) is 11.1 Å². The van der Waals surface area contributed by atoms with Crippen LogP contribution in [0.1, 0.15) is 17.3 Å². The Morgan fingerprint density at radius 3 is 2.18 bits per heavy atom. The van der Waals surface area contributed by atoms with Gasteiger partial charge in [-0.15, -0.1) is 5.06 Å². The van der Waals surface area contributed by atoms with E-state index in [-0.39, 0.29) is 57.8 Å². The molecular formula is C15H14Cl2N2O2Pt-2. The number of nitrogens with zero attached hydrogens (tertiary/aromatic N) is 2. The van der Waals surface area contributed by atoms with Gasteiger partial charge in [-0.05, 0) is 29.8 Å². The van der Waals surface area contributed by atoms with Gasteiger partial charge in [-0.2, -0.15) is 0 Å². The second-order valence-electron chi connectivity index (χ2n) is 4.40. The quantitative estimate of drug-likeness (QED) is 0.452. The molecule has 0 bridgehead atoms. The molecule has 0 fully saturated rings. The van der Waals surface area contributed by atoms with Gasteiger partial charge in [0.05, 0.1) is 0 Å². The number of hydrogen-bond donors (Lipinski definition) is 1. The Kier molecular flexibility index (Phi) is 8.72. The number of halogens is 2. The van der Waals surface area contributed by atoms with E-state index in [4.69, 9.17) is 4.84 Å². The molecule has 0 saturated heterocycles. The molecule has 1 aliphatic heterocycles. The van der Waals surface area contributed by atoms with Gasteiger partial charge >= 0.3 is 0 Å². The van der Waals surface area contributed by atoms with E-state index >= 15 is 0 Å². The topological polar surface area (TPSA) is 45.1 Å². The molecule has 0 aliphatic carbocycles. The zero-order valence-electron chi connectivity index (χ0n) is 11.6. The van der Waals surface area contributed by atoms with E-state index in [1.807, 2.05) is 37.4 Å². The molecule has 1 unspecified atom stereocenters. The van der Waals surface area contributed by atoms with Gasteiger partial charge in [0.25, 0.3) is 0 Å². The first-order valence-corrected chi connectivity index (χ1v) is 6.07. The molecule has 3 rings (SSSR count). The number of aliphatic imine (C=N–C) groups is 1. The number of benzene rings is 2. The van der Waals surface area contributed by atoms with Crippen LogP contribution in [0, 0.1) is 0 Å². The summed E-state index contributed by atoms with van der Waals surface area (Å²) < 4.78 is 0. The zero-order chi connectivity index (χ0) is 13.2. The average molecular weight is 520 g/mol. The molecule has 4 nitrogen and oxygen atoms in total. The minimum absolute atomic E-state index is 0. The number of rotatable bonds is 2. The van der Waals surface area contributed by atoms with Gasteiger partial charge in [0.15, 0.2) is 6.17 Å². The average Bonchev–Trinajstić information content (AvgIpc) is 2.83. The Balaban J connectivity index is 0.00000147. The number of phenolic OH excluding ortho intramolecular Hbond substituents is 1. The predicted molar refractivity (Wildman–Crippen MR) is 72.7 cm³/mol. The smallest absolute Gasteiger partial charge is 0.243 e. The van der Waals surface area contributed by atoms with Crippen molar-refractivity contribution in [1.29, 1.82) is 0 Å². The minimum atomic E-state index is -0.134. The third-order valence-electron chi connectivity index (χ3n) is 3.03. The molecule has 0 spiro atoms. The van der Waals surface area contributed by atoms with Crippen molar-refractivity contribution < 1.29 is 55.8 Å². The molecule has 2 aromatic carbocycles. The van der Waals surface area contributed by atoms with Crippen LogP contribution in [-0.2, 0) is 25.9 Å². The van der Waals surface area contributed by atoms with E-state index in [9.17, 15) is 5.11 Å². The second kappa shape index (κ2) is 9.16. The largest absolute Gasteiger partial charge is 1.00 e. The van der Waals surface area contributed by atoms with Crippen LogP contribution in [0.15, 0.2) is 59.6 Å². The van der Waals surface area contributed by atoms with Gasteiger partial charge in [0.2, 0.25) is 5.90 Å². The predicted octanol–water partition coefficient (Wildman–Crippen LogP) is -3.28. The van der Waals surface area contributed by atoms with E-state index < -0.39 is 0 Å². The normalized spacial score (nSPS) is 16.4. The van der Waals surface area contributed by atoms with Crippen molar-refractivity contribution in [3.8, 4) is 5.75 Å². The van der Waals surface area contributed by atoms with Crippen LogP contribution < -0.4 is 24.8 Å². The van der Waals surface area contributed by atoms with E-state index in [1.54, 1.807) is 29.3 Å². The zero-order valence-corrected chi connectivity index (χ0v) is 15.4. The van der Waals surface area contributed by atoms with Crippen LogP contribution in [0.4, 0.5) is 0 Å². The van der Waals surface area contributed by atoms with Gasteiger partial charge in [-0.25, -0.2) is 4.99 Å². The summed E-state index contributed by atoms with van der Waals surface area (Å²) in [5, 5.41) is 11.0. The Hall–Kier alpha value is -1.06. The maximum Gasteiger partial charge on any atom is 0.243 e. The Morgan fingerprint density at radius 2 is 1.59 bits per heavy atom. The summed E-state index contributed by atoms with van der Waals surface area (Å²) in [6.45, 7) is 0. The molecule has 7 heteroatoms. The van der Waals surface area contributed by atoms with Crippen molar-refractivity contribution in [3.05, 3.63) is 65.7 Å². The fourth-order valence-corrected chi connectivity index (χ4v) is 2.04. The first-order valence-electron chi connectivity index (χ1n) is 6.07. The maximum absolute atomic E-state index is 9.29. The van der Waals surface area contributed by atoms with Gasteiger partial charge in [-0.3, -0.25) is 0 Å². The van der Waals surface area contributed by atoms with Crippen LogP contribution >= 0.6 is 0 Å². The third-order valence-corrected chi connectivity index (χ3v) is 3.03. The summed E-state index contributed by atoms with van der Waals surface area (Å²) in [5.74, 6) is 0.798. The van der Waals surface area contributed by atoms with Crippen LogP contribution in [0.25, 0.3) is 0 Å². The number of hydroxylamine groups is 2. The Bertz CT molecular complexity index is 609. The van der Waals surface area contributed by atoms with Gasteiger partial charge in [-0.1, -0.05) is 30.3 Å². The minimum Gasteiger partial charge on any atom is -1.00 e. The van der Waals surface area contributed by atoms with Crippen molar-refractivity contribution in [2.75, 3.05) is 7.05 Å². The second-order valence-corrected chi connectivity index (χ2v) is 4.40. The van der Waals surface area contributed by atoms with Crippen LogP contribution in [-0.4, -0.2) is 23.1 Å². The van der Waals surface area contributed by atoms with Gasteiger partial charge in [0.1, 0.15) is 5.75 Å². The van der Waals surface area contributed by atoms with Crippen molar-refractivity contribution in [2.45, 2.75) is 6.17 Å². The third kappa shape index (κ3) is 4.47. The monoisotopic (exact) mass is 519 g/mol. The maximum atomic E-state index is 9.29. The molecule has 0 aromatic heterocycles. The van der Waals surface area contributed by atoms with Crippen LogP contribution in [0.5, 0.6) is 5.75 Å². The Morgan fingerprint density at radius 1 is 1.00 bits per heavy atom. The molecule has 1 atom stereocenters. The number of aromatic hydroxyl groups is 1. The Labute approximate surface area is 156 Å². The molecule has 0 radical (unpaired) electrons. The van der Waals surface area contributed by atoms with Crippen LogP contribution in [0.2, 0.25) is 0 Å². The van der Waals surface area contributed by atoms with Crippen molar-refractivity contribution in [3.63, 3.8) is 0 Å². The standard InChI is InChI=1S/C15H14N2O2.2ClH.Pt/c1-17-14(11-5-3-2-4-6-11)16-15(19-17)12-7-9-13(18)10-8-12;;;/h2-10,14,18H,1H3;2*1H;/p-2. The summed E-state index contributed by atoms with van der Waals surface area (Å²) in [5.41, 5.74) is 1.93. The molecule has 22 heavy (non-hydrogen) atoms. The van der Waals surface area contributed by atoms with Gasteiger partial charge < -0.3 is 34.8 Å². The molecular weight excluding hydrogens is 506 g/mol. The molecule has 1 heterocycles. The fourth-order valence-electron chi connectivity index (χ4n) is 2.04. The number of hydrogen-bond acceptors (Lipinski definition) is 4. The molecule has 1 N–H and O–H groups in total. The first-order chi connectivity index (χ1) is 9.24. The molecule has 0 saturated carbocycles. The van der Waals surface area contributed by atoms with E-state index in [2.05, 4.69) is 4.99 Å². The fraction of sp³-hybridized carbons (Fsp3) is 0.133. The molecule has 1 aliphatic rings. The first kappa shape index (κ1) is 20.9.